The number of carboxylic acids is 1. The number of nitrogens with one attached hydrogen (secondary N) is 2. The van der Waals surface area contributed by atoms with Crippen molar-refractivity contribution in [3.8, 4) is 0 Å². The van der Waals surface area contributed by atoms with E-state index >= 15 is 0 Å². The molecule has 0 saturated carbocycles. The van der Waals surface area contributed by atoms with Crippen molar-refractivity contribution in [1.29, 1.82) is 0 Å². The number of amides is 2. The molecule has 0 fully saturated rings. The molecule has 1 aromatic heterocycles. The minimum absolute atomic E-state index is 0.376. The standard InChI is InChI=1S/C11H18N4O3/c1-3-4-9(10(16)17)14-11(18)15(2)7-8-5-12-13-6-8/h5-6,9H,3-4,7H2,1-2H3,(H,12,13)(H,14,18)(H,16,17)/t9-/m0/s1. The lowest BCUT2D eigenvalue weighted by Crippen LogP contribution is -2.46. The molecule has 1 rings (SSSR count). The SMILES string of the molecule is CCC[C@H](NC(=O)N(C)Cc1cn[nH]c1)C(=O)O. The van der Waals surface area contributed by atoms with Crippen LogP contribution in [0.4, 0.5) is 4.79 Å². The van der Waals surface area contributed by atoms with Gasteiger partial charge >= 0.3 is 12.0 Å². The summed E-state index contributed by atoms with van der Waals surface area (Å²) in [5.74, 6) is -1.01. The summed E-state index contributed by atoms with van der Waals surface area (Å²) in [7, 11) is 1.60. The molecule has 7 nitrogen and oxygen atoms in total. The van der Waals surface area contributed by atoms with Crippen LogP contribution in [0.1, 0.15) is 25.3 Å². The highest BCUT2D eigenvalue weighted by molar-refractivity contribution is 5.82. The van der Waals surface area contributed by atoms with Gasteiger partial charge in [-0.2, -0.15) is 5.10 Å². The van der Waals surface area contributed by atoms with Gasteiger partial charge in [-0.05, 0) is 6.42 Å². The second-order valence-corrected chi connectivity index (χ2v) is 4.09. The summed E-state index contributed by atoms with van der Waals surface area (Å²) in [6.45, 7) is 2.25. The Balaban J connectivity index is 2.50. The Bertz CT molecular complexity index is 391. The van der Waals surface area contributed by atoms with Crippen molar-refractivity contribution in [3.05, 3.63) is 18.0 Å². The number of urea groups is 1. The Hall–Kier alpha value is -2.05. The zero-order valence-corrected chi connectivity index (χ0v) is 10.5. The van der Waals surface area contributed by atoms with Gasteiger partial charge in [0.1, 0.15) is 6.04 Å². The van der Waals surface area contributed by atoms with E-state index in [1.165, 1.54) is 4.90 Å². The number of carbonyl (C=O) groups is 2. The highest BCUT2D eigenvalue weighted by Crippen LogP contribution is 2.02. The van der Waals surface area contributed by atoms with Crippen molar-refractivity contribution in [1.82, 2.24) is 20.4 Å². The fraction of sp³-hybridized carbons (Fsp3) is 0.545. The third kappa shape index (κ3) is 4.08. The van der Waals surface area contributed by atoms with E-state index in [0.717, 1.165) is 5.56 Å². The molecule has 0 aliphatic rings. The van der Waals surface area contributed by atoms with Crippen LogP contribution in [0, 0.1) is 0 Å². The fourth-order valence-electron chi connectivity index (χ4n) is 1.52. The molecule has 2 amide bonds. The highest BCUT2D eigenvalue weighted by atomic mass is 16.4. The monoisotopic (exact) mass is 254 g/mol. The van der Waals surface area contributed by atoms with Crippen LogP contribution in [-0.4, -0.2) is 45.3 Å². The average Bonchev–Trinajstić information content (AvgIpc) is 2.80. The fourth-order valence-corrected chi connectivity index (χ4v) is 1.52. The second-order valence-electron chi connectivity index (χ2n) is 4.09. The van der Waals surface area contributed by atoms with Gasteiger partial charge in [0.15, 0.2) is 0 Å². The Morgan fingerprint density at radius 1 is 1.61 bits per heavy atom. The lowest BCUT2D eigenvalue weighted by atomic mass is 10.2. The molecular formula is C11H18N4O3. The maximum absolute atomic E-state index is 11.8. The van der Waals surface area contributed by atoms with Gasteiger partial charge in [0.05, 0.1) is 12.7 Å². The van der Waals surface area contributed by atoms with Crippen LogP contribution >= 0.6 is 0 Å². The first kappa shape index (κ1) is 14.0. The number of aromatic nitrogens is 2. The molecule has 7 heteroatoms. The Labute approximate surface area is 105 Å². The molecule has 0 aliphatic heterocycles. The number of carbonyl (C=O) groups excluding carboxylic acids is 1. The molecule has 1 aromatic rings. The first-order valence-corrected chi connectivity index (χ1v) is 5.76. The molecule has 1 atom stereocenters. The van der Waals surface area contributed by atoms with E-state index in [2.05, 4.69) is 15.5 Å². The van der Waals surface area contributed by atoms with Crippen LogP contribution < -0.4 is 5.32 Å². The maximum atomic E-state index is 11.8. The number of hydrogen-bond donors (Lipinski definition) is 3. The van der Waals surface area contributed by atoms with E-state index in [1.54, 1.807) is 19.4 Å². The van der Waals surface area contributed by atoms with Crippen molar-refractivity contribution in [2.24, 2.45) is 0 Å². The summed E-state index contributed by atoms with van der Waals surface area (Å²) in [4.78, 5) is 24.1. The smallest absolute Gasteiger partial charge is 0.326 e. The number of rotatable bonds is 6. The third-order valence-corrected chi connectivity index (χ3v) is 2.49. The van der Waals surface area contributed by atoms with Gasteiger partial charge in [0.25, 0.3) is 0 Å². The van der Waals surface area contributed by atoms with E-state index in [9.17, 15) is 9.59 Å². The number of nitrogens with zero attached hydrogens (tertiary/aromatic N) is 2. The molecule has 0 aliphatic carbocycles. The summed E-state index contributed by atoms with van der Waals surface area (Å²) in [6.07, 6.45) is 4.41. The molecule has 0 bridgehead atoms. The van der Waals surface area contributed by atoms with E-state index in [-0.39, 0.29) is 0 Å². The molecule has 1 heterocycles. The van der Waals surface area contributed by atoms with Crippen LogP contribution in [0.15, 0.2) is 12.4 Å². The topological polar surface area (TPSA) is 98.3 Å². The minimum atomic E-state index is -1.01. The lowest BCUT2D eigenvalue weighted by molar-refractivity contribution is -0.139. The van der Waals surface area contributed by atoms with Crippen molar-refractivity contribution in [2.45, 2.75) is 32.4 Å². The van der Waals surface area contributed by atoms with Gasteiger partial charge in [0.2, 0.25) is 0 Å². The second kappa shape index (κ2) is 6.63. The Morgan fingerprint density at radius 3 is 2.83 bits per heavy atom. The van der Waals surface area contributed by atoms with Gasteiger partial charge in [0, 0.05) is 18.8 Å². The average molecular weight is 254 g/mol. The van der Waals surface area contributed by atoms with E-state index in [0.29, 0.717) is 19.4 Å². The zero-order chi connectivity index (χ0) is 13.5. The molecule has 0 spiro atoms. The maximum Gasteiger partial charge on any atom is 0.326 e. The van der Waals surface area contributed by atoms with Crippen LogP contribution in [0.25, 0.3) is 0 Å². The molecule has 0 aromatic carbocycles. The molecule has 3 N–H and O–H groups in total. The summed E-state index contributed by atoms with van der Waals surface area (Å²) in [5, 5.41) is 17.9. The number of aliphatic carboxylic acids is 1. The van der Waals surface area contributed by atoms with Crippen molar-refractivity contribution < 1.29 is 14.7 Å². The van der Waals surface area contributed by atoms with Crippen LogP contribution in [-0.2, 0) is 11.3 Å². The number of H-pyrrole nitrogens is 1. The number of carboxylic acid groups (broad SMARTS) is 1. The van der Waals surface area contributed by atoms with Crippen LogP contribution in [0.5, 0.6) is 0 Å². The van der Waals surface area contributed by atoms with E-state index in [4.69, 9.17) is 5.11 Å². The van der Waals surface area contributed by atoms with Gasteiger partial charge in [-0.1, -0.05) is 13.3 Å². The summed E-state index contributed by atoms with van der Waals surface area (Å²) < 4.78 is 0. The molecule has 0 unspecified atom stereocenters. The predicted molar refractivity (Wildman–Crippen MR) is 64.9 cm³/mol. The molecule has 18 heavy (non-hydrogen) atoms. The lowest BCUT2D eigenvalue weighted by Gasteiger charge is -2.20. The van der Waals surface area contributed by atoms with Crippen LogP contribution in [0.2, 0.25) is 0 Å². The summed E-state index contributed by atoms with van der Waals surface area (Å²) in [5.41, 5.74) is 0.856. The Morgan fingerprint density at radius 2 is 2.33 bits per heavy atom. The quantitative estimate of drug-likeness (QED) is 0.699. The van der Waals surface area contributed by atoms with Crippen molar-refractivity contribution in [2.75, 3.05) is 7.05 Å². The first-order chi connectivity index (χ1) is 8.54. The third-order valence-electron chi connectivity index (χ3n) is 2.49. The first-order valence-electron chi connectivity index (χ1n) is 5.76. The molecular weight excluding hydrogens is 236 g/mol. The van der Waals surface area contributed by atoms with Crippen molar-refractivity contribution in [3.63, 3.8) is 0 Å². The van der Waals surface area contributed by atoms with Crippen LogP contribution in [0.3, 0.4) is 0 Å². The van der Waals surface area contributed by atoms with Gasteiger partial charge in [-0.15, -0.1) is 0 Å². The normalized spacial score (nSPS) is 11.9. The summed E-state index contributed by atoms with van der Waals surface area (Å²) in [6, 6.07) is -1.24. The van der Waals surface area contributed by atoms with Gasteiger partial charge in [-0.3, -0.25) is 5.10 Å². The number of hydrogen-bond acceptors (Lipinski definition) is 3. The van der Waals surface area contributed by atoms with E-state index < -0.39 is 18.0 Å². The van der Waals surface area contributed by atoms with Crippen molar-refractivity contribution >= 4 is 12.0 Å². The summed E-state index contributed by atoms with van der Waals surface area (Å²) >= 11 is 0. The highest BCUT2D eigenvalue weighted by Gasteiger charge is 2.20. The van der Waals surface area contributed by atoms with Gasteiger partial charge < -0.3 is 15.3 Å². The zero-order valence-electron chi connectivity index (χ0n) is 10.5. The largest absolute Gasteiger partial charge is 0.480 e. The molecule has 0 saturated heterocycles. The van der Waals surface area contributed by atoms with E-state index in [1.807, 2.05) is 6.92 Å². The number of aromatic amines is 1. The predicted octanol–water partition coefficient (Wildman–Crippen LogP) is 0.804. The van der Waals surface area contributed by atoms with Gasteiger partial charge in [-0.25, -0.2) is 9.59 Å². The minimum Gasteiger partial charge on any atom is -0.480 e. The molecule has 0 radical (unpaired) electrons. The Kier molecular flexibility index (Phi) is 5.16. The molecule has 100 valence electrons.